The third-order valence-corrected chi connectivity index (χ3v) is 8.64. The lowest BCUT2D eigenvalue weighted by atomic mass is 10.1. The zero-order valence-corrected chi connectivity index (χ0v) is 25.2. The molecule has 2 aromatic rings. The number of amides is 2. The van der Waals surface area contributed by atoms with E-state index in [4.69, 9.17) is 37.7 Å². The lowest BCUT2D eigenvalue weighted by Gasteiger charge is -2.33. The van der Waals surface area contributed by atoms with E-state index in [0.29, 0.717) is 61.5 Å². The van der Waals surface area contributed by atoms with Crippen LogP contribution in [0, 0.1) is 18.8 Å². The van der Waals surface area contributed by atoms with Gasteiger partial charge < -0.3 is 34.9 Å². The van der Waals surface area contributed by atoms with Crippen LogP contribution in [0.15, 0.2) is 6.07 Å². The van der Waals surface area contributed by atoms with E-state index in [0.717, 1.165) is 0 Å². The first-order valence-corrected chi connectivity index (χ1v) is 14.4. The normalized spacial score (nSPS) is 22.3. The number of rotatable bonds is 6. The van der Waals surface area contributed by atoms with E-state index in [-0.39, 0.29) is 46.2 Å². The lowest BCUT2D eigenvalue weighted by Crippen LogP contribution is -2.46. The van der Waals surface area contributed by atoms with Gasteiger partial charge >= 0.3 is 12.1 Å². The molecule has 41 heavy (non-hydrogen) atoms. The second-order valence-corrected chi connectivity index (χ2v) is 12.6. The standard InChI is InChI=1S/C27H35Cl2N7O5/c1-13-19(28)20(29)22(30-13)23(37)34-21-15-11-36(12-16(15)21)18-10-17(24(38)40-5)32-25(33-18)35-8-6-14(7-9-35)31-26(39)41-27(2,3)4/h10,14-16,21,30H,6-9,11-12H2,1-5H3,(H,31,39)(H,34,37)/t15-,16+,21-. The van der Waals surface area contributed by atoms with E-state index < -0.39 is 17.7 Å². The van der Waals surface area contributed by atoms with Gasteiger partial charge in [-0.25, -0.2) is 14.6 Å². The van der Waals surface area contributed by atoms with Gasteiger partial charge in [0, 0.05) is 61.9 Å². The average Bonchev–Trinajstić information content (AvgIpc) is 3.23. The molecule has 0 spiro atoms. The Hall–Kier alpha value is -3.25. The smallest absolute Gasteiger partial charge is 0.407 e. The maximum Gasteiger partial charge on any atom is 0.407 e. The Balaban J connectivity index is 1.21. The molecule has 3 aliphatic rings. The molecule has 3 fully saturated rings. The summed E-state index contributed by atoms with van der Waals surface area (Å²) in [5, 5.41) is 6.57. The molecule has 0 aromatic carbocycles. The topological polar surface area (TPSA) is 142 Å². The van der Waals surface area contributed by atoms with Crippen LogP contribution in [0.2, 0.25) is 10.0 Å². The van der Waals surface area contributed by atoms with Crippen LogP contribution in [0.25, 0.3) is 0 Å². The van der Waals surface area contributed by atoms with Crippen molar-refractivity contribution < 1.29 is 23.9 Å². The fourth-order valence-electron chi connectivity index (χ4n) is 5.51. The Kier molecular flexibility index (Phi) is 7.99. The molecule has 0 unspecified atom stereocenters. The molecule has 0 radical (unpaired) electrons. The minimum Gasteiger partial charge on any atom is -0.464 e. The quantitative estimate of drug-likeness (QED) is 0.420. The SMILES string of the molecule is COC(=O)c1cc(N2C[C@@H]3[C@H](C2)[C@@H]3NC(=O)c2[nH]c(C)c(Cl)c2Cl)nc(N2CCC(NC(=O)OC(C)(C)C)CC2)n1. The Morgan fingerprint density at radius 2 is 1.68 bits per heavy atom. The molecule has 2 aliphatic heterocycles. The molecule has 3 N–H and O–H groups in total. The first-order chi connectivity index (χ1) is 19.3. The molecular weight excluding hydrogens is 573 g/mol. The lowest BCUT2D eigenvalue weighted by molar-refractivity contribution is 0.0495. The van der Waals surface area contributed by atoms with Crippen LogP contribution in [-0.2, 0) is 9.47 Å². The second-order valence-electron chi connectivity index (χ2n) is 11.8. The zero-order chi connectivity index (χ0) is 29.6. The number of hydrogen-bond donors (Lipinski definition) is 3. The number of esters is 1. The number of aryl methyl sites for hydroxylation is 1. The van der Waals surface area contributed by atoms with Gasteiger partial charge in [-0.3, -0.25) is 4.79 Å². The number of alkyl carbamates (subject to hydrolysis) is 1. The number of nitrogens with zero attached hydrogens (tertiary/aromatic N) is 4. The van der Waals surface area contributed by atoms with Gasteiger partial charge in [-0.15, -0.1) is 0 Å². The second kappa shape index (κ2) is 11.2. The van der Waals surface area contributed by atoms with Gasteiger partial charge in [-0.1, -0.05) is 23.2 Å². The van der Waals surface area contributed by atoms with Crippen LogP contribution >= 0.6 is 23.2 Å². The Bertz CT molecular complexity index is 1340. The molecule has 14 heteroatoms. The number of fused-ring (bicyclic) bond motifs is 1. The number of anilines is 2. The number of hydrogen-bond acceptors (Lipinski definition) is 9. The highest BCUT2D eigenvalue weighted by Gasteiger charge is 2.57. The average molecular weight is 609 g/mol. The fraction of sp³-hybridized carbons (Fsp3) is 0.593. The summed E-state index contributed by atoms with van der Waals surface area (Å²) in [4.78, 5) is 53.8. The molecule has 5 rings (SSSR count). The van der Waals surface area contributed by atoms with E-state index in [1.165, 1.54) is 7.11 Å². The molecule has 2 amide bonds. The molecule has 2 saturated heterocycles. The van der Waals surface area contributed by atoms with Crippen molar-refractivity contribution in [2.24, 2.45) is 11.8 Å². The number of carbonyl (C=O) groups excluding carboxylic acids is 3. The molecule has 1 saturated carbocycles. The highest BCUT2D eigenvalue weighted by atomic mass is 35.5. The van der Waals surface area contributed by atoms with Gasteiger partial charge in [-0.2, -0.15) is 4.98 Å². The van der Waals surface area contributed by atoms with Crippen molar-refractivity contribution in [3.05, 3.63) is 33.2 Å². The van der Waals surface area contributed by atoms with Crippen LogP contribution in [0.3, 0.4) is 0 Å². The number of halogens is 2. The van der Waals surface area contributed by atoms with Crippen LogP contribution in [0.1, 0.15) is 60.3 Å². The van der Waals surface area contributed by atoms with E-state index in [2.05, 4.69) is 25.5 Å². The van der Waals surface area contributed by atoms with Gasteiger partial charge in [0.05, 0.1) is 17.2 Å². The molecule has 1 aliphatic carbocycles. The Morgan fingerprint density at radius 3 is 2.24 bits per heavy atom. The minimum absolute atomic E-state index is 0.0232. The number of H-pyrrole nitrogens is 1. The van der Waals surface area contributed by atoms with Crippen LogP contribution in [-0.4, -0.2) is 83.9 Å². The van der Waals surface area contributed by atoms with E-state index in [1.807, 2.05) is 25.7 Å². The third kappa shape index (κ3) is 6.33. The van der Waals surface area contributed by atoms with Crippen molar-refractivity contribution in [3.63, 3.8) is 0 Å². The number of aromatic amines is 1. The minimum atomic E-state index is -0.561. The summed E-state index contributed by atoms with van der Waals surface area (Å²) in [5.41, 5.74) is 0.535. The van der Waals surface area contributed by atoms with Crippen molar-refractivity contribution in [2.75, 3.05) is 43.1 Å². The van der Waals surface area contributed by atoms with Gasteiger partial charge in [0.25, 0.3) is 5.91 Å². The highest BCUT2D eigenvalue weighted by Crippen LogP contribution is 2.47. The van der Waals surface area contributed by atoms with Gasteiger partial charge in [0.1, 0.15) is 17.1 Å². The van der Waals surface area contributed by atoms with Crippen LogP contribution < -0.4 is 20.4 Å². The maximum atomic E-state index is 12.8. The van der Waals surface area contributed by atoms with Gasteiger partial charge in [-0.05, 0) is 40.5 Å². The predicted molar refractivity (Wildman–Crippen MR) is 154 cm³/mol. The number of methoxy groups -OCH3 is 1. The molecule has 4 heterocycles. The van der Waals surface area contributed by atoms with E-state index in [9.17, 15) is 14.4 Å². The molecule has 0 bridgehead atoms. The third-order valence-electron chi connectivity index (χ3n) is 7.69. The van der Waals surface area contributed by atoms with Gasteiger partial charge in [0.15, 0.2) is 5.69 Å². The van der Waals surface area contributed by atoms with Gasteiger partial charge in [0.2, 0.25) is 5.95 Å². The summed E-state index contributed by atoms with van der Waals surface area (Å²) in [6.07, 6.45) is 0.940. The predicted octanol–water partition coefficient (Wildman–Crippen LogP) is 3.56. The zero-order valence-electron chi connectivity index (χ0n) is 23.7. The summed E-state index contributed by atoms with van der Waals surface area (Å²) < 4.78 is 10.3. The first kappa shape index (κ1) is 29.2. The monoisotopic (exact) mass is 607 g/mol. The molecule has 12 nitrogen and oxygen atoms in total. The maximum absolute atomic E-state index is 12.8. The number of nitrogens with one attached hydrogen (secondary N) is 3. The van der Waals surface area contributed by atoms with Crippen molar-refractivity contribution in [1.29, 1.82) is 0 Å². The Morgan fingerprint density at radius 1 is 1.02 bits per heavy atom. The van der Waals surface area contributed by atoms with E-state index >= 15 is 0 Å². The van der Waals surface area contributed by atoms with Crippen LogP contribution in [0.5, 0.6) is 0 Å². The Labute approximate surface area is 248 Å². The van der Waals surface area contributed by atoms with E-state index in [1.54, 1.807) is 13.0 Å². The number of aromatic nitrogens is 3. The molecule has 2 aromatic heterocycles. The molecule has 222 valence electrons. The summed E-state index contributed by atoms with van der Waals surface area (Å²) in [5.74, 6) is 0.757. The summed E-state index contributed by atoms with van der Waals surface area (Å²) in [6, 6.07) is 1.65. The largest absolute Gasteiger partial charge is 0.464 e. The number of piperidine rings is 2. The summed E-state index contributed by atoms with van der Waals surface area (Å²) >= 11 is 12.3. The summed E-state index contributed by atoms with van der Waals surface area (Å²) in [6.45, 7) is 9.80. The van der Waals surface area contributed by atoms with Crippen molar-refractivity contribution in [3.8, 4) is 0 Å². The number of carbonyl (C=O) groups is 3. The molecule has 3 atom stereocenters. The molecular formula is C27H35Cl2N7O5. The number of ether oxygens (including phenoxy) is 2. The fourth-order valence-corrected chi connectivity index (χ4v) is 5.93. The van der Waals surface area contributed by atoms with Crippen LogP contribution in [0.4, 0.5) is 16.6 Å². The van der Waals surface area contributed by atoms with Crippen molar-refractivity contribution >= 4 is 52.9 Å². The van der Waals surface area contributed by atoms with Crippen molar-refractivity contribution in [2.45, 2.75) is 58.2 Å². The van der Waals surface area contributed by atoms with Crippen molar-refractivity contribution in [1.82, 2.24) is 25.6 Å². The highest BCUT2D eigenvalue weighted by molar-refractivity contribution is 6.44. The summed E-state index contributed by atoms with van der Waals surface area (Å²) in [7, 11) is 1.32. The first-order valence-electron chi connectivity index (χ1n) is 13.7.